The molecule has 24 heavy (non-hydrogen) atoms. The summed E-state index contributed by atoms with van der Waals surface area (Å²) in [6.45, 7) is 3.14. The van der Waals surface area contributed by atoms with Crippen molar-refractivity contribution in [1.29, 1.82) is 0 Å². The molecule has 2 aromatic carbocycles. The number of nitrogens with zero attached hydrogens (tertiary/aromatic N) is 4. The quantitative estimate of drug-likeness (QED) is 0.573. The molecule has 6 nitrogen and oxygen atoms in total. The number of aryl methyl sites for hydroxylation is 1. The third-order valence-electron chi connectivity index (χ3n) is 3.80. The number of ether oxygens (including phenoxy) is 1. The Morgan fingerprint density at radius 1 is 1.12 bits per heavy atom. The maximum Gasteiger partial charge on any atom is 0.254 e. The first-order chi connectivity index (χ1) is 11.8. The van der Waals surface area contributed by atoms with Crippen molar-refractivity contribution in [3.8, 4) is 5.75 Å². The van der Waals surface area contributed by atoms with Gasteiger partial charge in [-0.15, -0.1) is 0 Å². The van der Waals surface area contributed by atoms with Crippen molar-refractivity contribution in [3.63, 3.8) is 0 Å². The molecule has 0 aliphatic rings. The number of hydrogen-bond donors (Lipinski definition) is 1. The fraction of sp³-hybridized carbons (Fsp3) is 0.167. The molecule has 0 unspecified atom stereocenters. The highest BCUT2D eigenvalue weighted by Gasteiger charge is 2.05. The minimum absolute atomic E-state index is 0.547. The Kier molecular flexibility index (Phi) is 3.70. The summed E-state index contributed by atoms with van der Waals surface area (Å²) in [5.74, 6) is 2.34. The average Bonchev–Trinajstić information content (AvgIpc) is 3.07. The number of hydrogen-bond acceptors (Lipinski definition) is 5. The summed E-state index contributed by atoms with van der Waals surface area (Å²) < 4.78 is 7.63. The van der Waals surface area contributed by atoms with Gasteiger partial charge < -0.3 is 10.1 Å². The zero-order valence-corrected chi connectivity index (χ0v) is 13.3. The molecule has 2 heterocycles. The van der Waals surface area contributed by atoms with Crippen molar-refractivity contribution in [2.75, 3.05) is 18.5 Å². The Morgan fingerprint density at radius 3 is 2.96 bits per heavy atom. The average molecular weight is 319 g/mol. The van der Waals surface area contributed by atoms with Crippen LogP contribution in [0, 0.1) is 6.92 Å². The highest BCUT2D eigenvalue weighted by molar-refractivity contribution is 5.88. The molecule has 0 aliphatic heterocycles. The molecule has 0 radical (unpaired) electrons. The Balaban J connectivity index is 1.45. The Bertz CT molecular complexity index is 990. The van der Waals surface area contributed by atoms with Crippen LogP contribution in [-0.4, -0.2) is 32.7 Å². The van der Waals surface area contributed by atoms with E-state index in [0.717, 1.165) is 22.6 Å². The fourth-order valence-electron chi connectivity index (χ4n) is 2.72. The van der Waals surface area contributed by atoms with Crippen LogP contribution in [-0.2, 0) is 0 Å². The van der Waals surface area contributed by atoms with E-state index in [1.807, 2.05) is 37.3 Å². The largest absolute Gasteiger partial charge is 0.491 e. The molecule has 0 atom stereocenters. The lowest BCUT2D eigenvalue weighted by Crippen LogP contribution is -2.14. The zero-order chi connectivity index (χ0) is 16.4. The van der Waals surface area contributed by atoms with Gasteiger partial charge in [0.1, 0.15) is 24.5 Å². The van der Waals surface area contributed by atoms with E-state index in [2.05, 4.69) is 38.6 Å². The molecule has 4 rings (SSSR count). The number of aromatic nitrogens is 4. The monoisotopic (exact) mass is 319 g/mol. The van der Waals surface area contributed by atoms with Gasteiger partial charge in [0.25, 0.3) is 5.78 Å². The van der Waals surface area contributed by atoms with Crippen molar-refractivity contribution in [3.05, 3.63) is 60.6 Å². The predicted molar refractivity (Wildman–Crippen MR) is 93.5 cm³/mol. The van der Waals surface area contributed by atoms with Gasteiger partial charge in [-0.3, -0.25) is 0 Å². The molecular weight excluding hydrogens is 302 g/mol. The summed E-state index contributed by atoms with van der Waals surface area (Å²) in [5, 5.41) is 9.81. The number of nitrogens with one attached hydrogen (secondary N) is 1. The third-order valence-corrected chi connectivity index (χ3v) is 3.80. The van der Waals surface area contributed by atoms with Crippen LogP contribution < -0.4 is 10.1 Å². The third kappa shape index (κ3) is 2.74. The van der Waals surface area contributed by atoms with Gasteiger partial charge >= 0.3 is 0 Å². The lowest BCUT2D eigenvalue weighted by atomic mass is 10.1. The van der Waals surface area contributed by atoms with Gasteiger partial charge in [0.15, 0.2) is 0 Å². The second-order valence-electron chi connectivity index (χ2n) is 5.51. The predicted octanol–water partition coefficient (Wildman–Crippen LogP) is 3.08. The summed E-state index contributed by atoms with van der Waals surface area (Å²) in [7, 11) is 0. The normalized spacial score (nSPS) is 11.0. The van der Waals surface area contributed by atoms with Crippen LogP contribution >= 0.6 is 0 Å². The molecule has 0 amide bonds. The van der Waals surface area contributed by atoms with Crippen molar-refractivity contribution >= 4 is 22.4 Å². The van der Waals surface area contributed by atoms with Crippen LogP contribution in [0.3, 0.4) is 0 Å². The molecule has 4 aromatic rings. The first kappa shape index (κ1) is 14.4. The molecule has 0 saturated heterocycles. The van der Waals surface area contributed by atoms with Crippen LogP contribution in [0.4, 0.5) is 5.82 Å². The standard InChI is InChI=1S/C18H17N5O/c1-13-11-17(23-18(22-13)20-12-21-23)19-9-10-24-16-8-4-6-14-5-2-3-7-15(14)16/h2-8,11-12,19H,9-10H2,1H3. The maximum absolute atomic E-state index is 5.94. The van der Waals surface area contributed by atoms with Crippen molar-refractivity contribution < 1.29 is 4.74 Å². The molecule has 2 aromatic heterocycles. The first-order valence-corrected chi connectivity index (χ1v) is 7.83. The minimum atomic E-state index is 0.547. The van der Waals surface area contributed by atoms with E-state index in [-0.39, 0.29) is 0 Å². The van der Waals surface area contributed by atoms with Crippen molar-refractivity contribution in [2.24, 2.45) is 0 Å². The number of rotatable bonds is 5. The zero-order valence-electron chi connectivity index (χ0n) is 13.3. The van der Waals surface area contributed by atoms with Gasteiger partial charge in [-0.2, -0.15) is 14.6 Å². The highest BCUT2D eigenvalue weighted by atomic mass is 16.5. The minimum Gasteiger partial charge on any atom is -0.491 e. The molecule has 1 N–H and O–H groups in total. The van der Waals surface area contributed by atoms with E-state index in [0.29, 0.717) is 18.9 Å². The highest BCUT2D eigenvalue weighted by Crippen LogP contribution is 2.24. The van der Waals surface area contributed by atoms with Crippen molar-refractivity contribution in [2.45, 2.75) is 6.92 Å². The molecule has 0 saturated carbocycles. The van der Waals surface area contributed by atoms with Gasteiger partial charge in [0.05, 0.1) is 6.54 Å². The van der Waals surface area contributed by atoms with E-state index < -0.39 is 0 Å². The number of fused-ring (bicyclic) bond motifs is 2. The smallest absolute Gasteiger partial charge is 0.254 e. The number of benzene rings is 2. The second-order valence-corrected chi connectivity index (χ2v) is 5.51. The van der Waals surface area contributed by atoms with Gasteiger partial charge in [0, 0.05) is 17.1 Å². The van der Waals surface area contributed by atoms with E-state index in [4.69, 9.17) is 4.74 Å². The van der Waals surface area contributed by atoms with Crippen LogP contribution in [0.15, 0.2) is 54.9 Å². The SMILES string of the molecule is Cc1cc(NCCOc2cccc3ccccc23)n2ncnc2n1. The molecule has 0 bridgehead atoms. The molecule has 120 valence electrons. The Labute approximate surface area is 139 Å². The summed E-state index contributed by atoms with van der Waals surface area (Å²) in [5.41, 5.74) is 0.896. The van der Waals surface area contributed by atoms with Gasteiger partial charge in [-0.1, -0.05) is 36.4 Å². The van der Waals surface area contributed by atoms with E-state index in [1.54, 1.807) is 4.52 Å². The summed E-state index contributed by atoms with van der Waals surface area (Å²) >= 11 is 0. The van der Waals surface area contributed by atoms with Crippen LogP contribution in [0.2, 0.25) is 0 Å². The molecule has 6 heteroatoms. The first-order valence-electron chi connectivity index (χ1n) is 7.83. The topological polar surface area (TPSA) is 64.3 Å². The molecular formula is C18H17N5O. The van der Waals surface area contributed by atoms with Crippen LogP contribution in [0.1, 0.15) is 5.69 Å². The van der Waals surface area contributed by atoms with Gasteiger partial charge in [-0.25, -0.2) is 4.98 Å². The summed E-state index contributed by atoms with van der Waals surface area (Å²) in [6, 6.07) is 16.2. The Hall–Kier alpha value is -3.15. The van der Waals surface area contributed by atoms with E-state index in [1.165, 1.54) is 11.7 Å². The molecule has 0 fully saturated rings. The second kappa shape index (κ2) is 6.16. The summed E-state index contributed by atoms with van der Waals surface area (Å²) in [4.78, 5) is 8.44. The van der Waals surface area contributed by atoms with Crippen LogP contribution in [0.25, 0.3) is 16.6 Å². The van der Waals surface area contributed by atoms with E-state index >= 15 is 0 Å². The fourth-order valence-corrected chi connectivity index (χ4v) is 2.72. The van der Waals surface area contributed by atoms with Gasteiger partial charge in [0.2, 0.25) is 0 Å². The summed E-state index contributed by atoms with van der Waals surface area (Å²) in [6.07, 6.45) is 1.50. The Morgan fingerprint density at radius 2 is 2.00 bits per heavy atom. The van der Waals surface area contributed by atoms with Gasteiger partial charge in [-0.05, 0) is 18.4 Å². The lowest BCUT2D eigenvalue weighted by Gasteiger charge is -2.11. The molecule has 0 aliphatic carbocycles. The van der Waals surface area contributed by atoms with Crippen molar-refractivity contribution in [1.82, 2.24) is 19.6 Å². The number of anilines is 1. The lowest BCUT2D eigenvalue weighted by molar-refractivity contribution is 0.336. The van der Waals surface area contributed by atoms with Crippen LogP contribution in [0.5, 0.6) is 5.75 Å². The maximum atomic E-state index is 5.94. The van der Waals surface area contributed by atoms with E-state index in [9.17, 15) is 0 Å². The molecule has 0 spiro atoms.